The first-order valence-corrected chi connectivity index (χ1v) is 7.92. The molecule has 6 nitrogen and oxygen atoms in total. The van der Waals surface area contributed by atoms with Crippen LogP contribution in [0.4, 0.5) is 11.5 Å². The molecular weight excluding hydrogens is 268 g/mol. The fraction of sp³-hybridized carbons (Fsp3) is 0.800. The van der Waals surface area contributed by atoms with Crippen molar-refractivity contribution < 1.29 is 4.92 Å². The highest BCUT2D eigenvalue weighted by molar-refractivity contribution is 5.60. The van der Waals surface area contributed by atoms with Gasteiger partial charge in [0.1, 0.15) is 5.69 Å². The summed E-state index contributed by atoms with van der Waals surface area (Å²) in [7, 11) is 0. The van der Waals surface area contributed by atoms with Crippen molar-refractivity contribution in [3.8, 4) is 0 Å². The van der Waals surface area contributed by atoms with Crippen LogP contribution in [0.5, 0.6) is 0 Å². The van der Waals surface area contributed by atoms with Crippen LogP contribution in [-0.2, 0) is 0 Å². The lowest BCUT2D eigenvalue weighted by Crippen LogP contribution is -2.22. The van der Waals surface area contributed by atoms with E-state index in [0.717, 1.165) is 32.1 Å². The zero-order valence-corrected chi connectivity index (χ0v) is 13.8. The maximum absolute atomic E-state index is 11.3. The molecule has 1 atom stereocenters. The van der Waals surface area contributed by atoms with Crippen molar-refractivity contribution in [1.29, 1.82) is 0 Å². The van der Waals surface area contributed by atoms with Gasteiger partial charge in [-0.2, -0.15) is 5.10 Å². The fourth-order valence-electron chi connectivity index (χ4n) is 2.55. The number of hydrogen-bond donors (Lipinski definition) is 1. The van der Waals surface area contributed by atoms with Crippen LogP contribution in [0.15, 0.2) is 0 Å². The summed E-state index contributed by atoms with van der Waals surface area (Å²) in [6.07, 6.45) is 5.36. The lowest BCUT2D eigenvalue weighted by atomic mass is 10.1. The van der Waals surface area contributed by atoms with Gasteiger partial charge < -0.3 is 5.32 Å². The highest BCUT2D eigenvalue weighted by Gasteiger charge is 2.27. The number of rotatable bonds is 9. The minimum absolute atomic E-state index is 0.0911. The first-order chi connectivity index (χ1) is 9.92. The minimum atomic E-state index is -0.327. The van der Waals surface area contributed by atoms with E-state index in [2.05, 4.69) is 24.3 Å². The van der Waals surface area contributed by atoms with E-state index in [1.54, 1.807) is 11.6 Å². The van der Waals surface area contributed by atoms with Gasteiger partial charge in [0.05, 0.1) is 4.92 Å². The lowest BCUT2D eigenvalue weighted by molar-refractivity contribution is -0.384. The Labute approximate surface area is 127 Å². The molecule has 1 aromatic heterocycles. The number of nitrogens with one attached hydrogen (secondary N) is 1. The average Bonchev–Trinajstić information content (AvgIpc) is 2.73. The van der Waals surface area contributed by atoms with Gasteiger partial charge in [0.25, 0.3) is 0 Å². The van der Waals surface area contributed by atoms with Crippen molar-refractivity contribution in [2.45, 2.75) is 78.8 Å². The number of anilines is 1. The molecule has 120 valence electrons. The first-order valence-electron chi connectivity index (χ1n) is 7.92. The molecule has 0 aromatic carbocycles. The average molecular weight is 296 g/mol. The van der Waals surface area contributed by atoms with Gasteiger partial charge in [-0.05, 0) is 33.6 Å². The van der Waals surface area contributed by atoms with Gasteiger partial charge in [-0.1, -0.05) is 33.1 Å². The third-order valence-corrected chi connectivity index (χ3v) is 3.61. The Bertz CT molecular complexity index is 468. The van der Waals surface area contributed by atoms with Crippen LogP contribution >= 0.6 is 0 Å². The highest BCUT2D eigenvalue weighted by Crippen LogP contribution is 2.32. The van der Waals surface area contributed by atoms with E-state index >= 15 is 0 Å². The number of aryl methyl sites for hydroxylation is 1. The van der Waals surface area contributed by atoms with Crippen LogP contribution in [-0.4, -0.2) is 20.7 Å². The van der Waals surface area contributed by atoms with Crippen LogP contribution in [0.2, 0.25) is 0 Å². The third-order valence-electron chi connectivity index (χ3n) is 3.61. The summed E-state index contributed by atoms with van der Waals surface area (Å²) in [5.74, 6) is 0.557. The third kappa shape index (κ3) is 4.44. The molecule has 0 aliphatic carbocycles. The lowest BCUT2D eigenvalue weighted by Gasteiger charge is -2.20. The zero-order chi connectivity index (χ0) is 16.0. The van der Waals surface area contributed by atoms with E-state index < -0.39 is 0 Å². The van der Waals surface area contributed by atoms with E-state index in [1.165, 1.54) is 0 Å². The maximum Gasteiger partial charge on any atom is 0.333 e. The maximum atomic E-state index is 11.3. The second-order valence-corrected chi connectivity index (χ2v) is 5.85. The Morgan fingerprint density at radius 2 is 1.95 bits per heavy atom. The SMILES string of the molecule is CCCCC(CCC)Nc1c([N+](=O)[O-])c(C)nn1C(C)C. The Balaban J connectivity index is 3.10. The molecule has 0 aliphatic rings. The number of unbranched alkanes of at least 4 members (excludes halogenated alkanes) is 1. The summed E-state index contributed by atoms with van der Waals surface area (Å²) in [5.41, 5.74) is 0.586. The summed E-state index contributed by atoms with van der Waals surface area (Å²) in [6, 6.07) is 0.357. The Morgan fingerprint density at radius 1 is 1.29 bits per heavy atom. The van der Waals surface area contributed by atoms with Crippen LogP contribution in [0.25, 0.3) is 0 Å². The molecule has 0 fully saturated rings. The molecule has 21 heavy (non-hydrogen) atoms. The molecule has 0 amide bonds. The van der Waals surface area contributed by atoms with Crippen molar-refractivity contribution in [3.63, 3.8) is 0 Å². The summed E-state index contributed by atoms with van der Waals surface area (Å²) < 4.78 is 1.74. The molecule has 0 aliphatic heterocycles. The number of nitrogens with zero attached hydrogens (tertiary/aromatic N) is 3. The smallest absolute Gasteiger partial charge is 0.333 e. The second kappa shape index (κ2) is 8.00. The van der Waals surface area contributed by atoms with Crippen molar-refractivity contribution >= 4 is 11.5 Å². The largest absolute Gasteiger partial charge is 0.362 e. The predicted octanol–water partition coefficient (Wildman–Crippen LogP) is 4.45. The van der Waals surface area contributed by atoms with E-state index in [9.17, 15) is 10.1 Å². The van der Waals surface area contributed by atoms with Crippen LogP contribution in [0.3, 0.4) is 0 Å². The summed E-state index contributed by atoms with van der Waals surface area (Å²) >= 11 is 0. The molecule has 6 heteroatoms. The van der Waals surface area contributed by atoms with E-state index in [4.69, 9.17) is 0 Å². The number of hydrogen-bond acceptors (Lipinski definition) is 4. The van der Waals surface area contributed by atoms with Crippen LogP contribution in [0, 0.1) is 17.0 Å². The molecular formula is C15H28N4O2. The topological polar surface area (TPSA) is 73.0 Å². The van der Waals surface area contributed by atoms with Crippen molar-refractivity contribution in [3.05, 3.63) is 15.8 Å². The normalized spacial score (nSPS) is 12.7. The van der Waals surface area contributed by atoms with Crippen LogP contribution < -0.4 is 5.32 Å². The van der Waals surface area contributed by atoms with E-state index in [1.807, 2.05) is 13.8 Å². The molecule has 0 bridgehead atoms. The minimum Gasteiger partial charge on any atom is -0.362 e. The molecule has 0 radical (unpaired) electrons. The quantitative estimate of drug-likeness (QED) is 0.539. The molecule has 0 saturated carbocycles. The molecule has 0 saturated heterocycles. The molecule has 0 spiro atoms. The number of aromatic nitrogens is 2. The summed E-state index contributed by atoms with van der Waals surface area (Å²) in [5, 5.41) is 19.1. The molecule has 1 rings (SSSR count). The zero-order valence-electron chi connectivity index (χ0n) is 13.8. The van der Waals surface area contributed by atoms with Gasteiger partial charge in [-0.25, -0.2) is 4.68 Å². The standard InChI is InChI=1S/C15H28N4O2/c1-6-8-10-13(9-7-2)16-15-14(19(20)21)12(5)17-18(15)11(3)4/h11,13,16H,6-10H2,1-5H3. The highest BCUT2D eigenvalue weighted by atomic mass is 16.6. The Kier molecular flexibility index (Phi) is 6.65. The molecule has 1 unspecified atom stereocenters. The van der Waals surface area contributed by atoms with Crippen LogP contribution in [0.1, 0.15) is 71.5 Å². The van der Waals surface area contributed by atoms with E-state index in [-0.39, 0.29) is 22.7 Å². The van der Waals surface area contributed by atoms with Gasteiger partial charge in [-0.15, -0.1) is 0 Å². The first kappa shape index (κ1) is 17.5. The van der Waals surface area contributed by atoms with Gasteiger partial charge in [0.2, 0.25) is 5.82 Å². The second-order valence-electron chi connectivity index (χ2n) is 5.85. The van der Waals surface area contributed by atoms with E-state index in [0.29, 0.717) is 11.5 Å². The van der Waals surface area contributed by atoms with Gasteiger partial charge in [0, 0.05) is 12.1 Å². The Morgan fingerprint density at radius 3 is 2.43 bits per heavy atom. The van der Waals surface area contributed by atoms with Crippen molar-refractivity contribution in [2.75, 3.05) is 5.32 Å². The van der Waals surface area contributed by atoms with Gasteiger partial charge in [0.15, 0.2) is 0 Å². The summed E-state index contributed by atoms with van der Waals surface area (Å²) in [4.78, 5) is 11.0. The monoisotopic (exact) mass is 296 g/mol. The summed E-state index contributed by atoms with van der Waals surface area (Å²) in [6.45, 7) is 9.97. The fourth-order valence-corrected chi connectivity index (χ4v) is 2.55. The molecule has 1 N–H and O–H groups in total. The molecule has 1 heterocycles. The van der Waals surface area contributed by atoms with Gasteiger partial charge in [-0.3, -0.25) is 10.1 Å². The van der Waals surface area contributed by atoms with Crippen molar-refractivity contribution in [1.82, 2.24) is 9.78 Å². The van der Waals surface area contributed by atoms with Gasteiger partial charge >= 0.3 is 5.69 Å². The van der Waals surface area contributed by atoms with Crippen molar-refractivity contribution in [2.24, 2.45) is 0 Å². The molecule has 1 aromatic rings. The number of nitro groups is 1. The Hall–Kier alpha value is -1.59. The predicted molar refractivity (Wildman–Crippen MR) is 85.8 cm³/mol.